The van der Waals surface area contributed by atoms with Crippen molar-refractivity contribution < 1.29 is 19.1 Å². The molecule has 4 N–H and O–H groups in total. The van der Waals surface area contributed by atoms with Gasteiger partial charge in [-0.05, 0) is 19.8 Å². The number of ether oxygens (including phenoxy) is 1. The molecular formula is C7H16NO4P. The number of nitrogens with two attached hydrogens (primary N) is 1. The second kappa shape index (κ2) is 4.07. The predicted octanol–water partition coefficient (Wildman–Crippen LogP) is 0.0589. The Morgan fingerprint density at radius 1 is 1.54 bits per heavy atom. The van der Waals surface area contributed by atoms with Gasteiger partial charge in [0.2, 0.25) is 0 Å². The van der Waals surface area contributed by atoms with E-state index in [4.69, 9.17) is 20.3 Å². The van der Waals surface area contributed by atoms with Crippen LogP contribution in [0.2, 0.25) is 0 Å². The molecule has 0 amide bonds. The van der Waals surface area contributed by atoms with Crippen LogP contribution in [0.4, 0.5) is 0 Å². The number of hydrogen-bond acceptors (Lipinski definition) is 3. The van der Waals surface area contributed by atoms with Gasteiger partial charge in [0.25, 0.3) is 0 Å². The molecule has 3 atom stereocenters. The van der Waals surface area contributed by atoms with Crippen molar-refractivity contribution in [3.8, 4) is 0 Å². The van der Waals surface area contributed by atoms with E-state index in [1.807, 2.05) is 6.92 Å². The Bertz CT molecular complexity index is 217. The Kier molecular flexibility index (Phi) is 3.49. The van der Waals surface area contributed by atoms with Gasteiger partial charge in [0.05, 0.1) is 18.4 Å². The summed E-state index contributed by atoms with van der Waals surface area (Å²) in [5.74, 6) is 0. The van der Waals surface area contributed by atoms with E-state index in [1.165, 1.54) is 0 Å². The zero-order valence-corrected chi connectivity index (χ0v) is 8.48. The second-order valence-corrected chi connectivity index (χ2v) is 5.25. The molecule has 0 saturated carbocycles. The van der Waals surface area contributed by atoms with E-state index in [0.717, 1.165) is 6.42 Å². The first-order valence-corrected chi connectivity index (χ1v) is 6.14. The highest BCUT2D eigenvalue weighted by Crippen LogP contribution is 2.38. The van der Waals surface area contributed by atoms with Gasteiger partial charge in [-0.3, -0.25) is 4.57 Å². The van der Waals surface area contributed by atoms with Gasteiger partial charge < -0.3 is 20.3 Å². The van der Waals surface area contributed by atoms with E-state index in [0.29, 0.717) is 6.42 Å². The van der Waals surface area contributed by atoms with Crippen LogP contribution >= 0.6 is 7.60 Å². The standard InChI is InChI=1S/C7H16NO4P/c1-5-7(8)3-2-6(12-5)4-13(9,10)11/h5-7H,2-4,8H2,1H3,(H2,9,10,11). The van der Waals surface area contributed by atoms with Gasteiger partial charge in [-0.25, -0.2) is 0 Å². The van der Waals surface area contributed by atoms with Crippen LogP contribution in [0.5, 0.6) is 0 Å². The van der Waals surface area contributed by atoms with Crippen LogP contribution in [0.3, 0.4) is 0 Å². The summed E-state index contributed by atoms with van der Waals surface area (Å²) in [6, 6.07) is -0.00646. The molecule has 0 aromatic rings. The van der Waals surface area contributed by atoms with E-state index in [9.17, 15) is 4.57 Å². The maximum absolute atomic E-state index is 10.7. The largest absolute Gasteiger partial charge is 0.373 e. The summed E-state index contributed by atoms with van der Waals surface area (Å²) < 4.78 is 16.0. The van der Waals surface area contributed by atoms with Crippen LogP contribution in [0.25, 0.3) is 0 Å². The molecule has 1 aliphatic heterocycles. The van der Waals surface area contributed by atoms with Gasteiger partial charge >= 0.3 is 7.60 Å². The van der Waals surface area contributed by atoms with Crippen molar-refractivity contribution in [3.63, 3.8) is 0 Å². The molecular weight excluding hydrogens is 193 g/mol. The summed E-state index contributed by atoms with van der Waals surface area (Å²) in [5.41, 5.74) is 5.69. The fraction of sp³-hybridized carbons (Fsp3) is 1.00. The average Bonchev–Trinajstić information content (AvgIpc) is 1.94. The van der Waals surface area contributed by atoms with Crippen LogP contribution in [0.15, 0.2) is 0 Å². The van der Waals surface area contributed by atoms with Gasteiger partial charge in [0, 0.05) is 6.04 Å². The summed E-state index contributed by atoms with van der Waals surface area (Å²) >= 11 is 0. The third-order valence-electron chi connectivity index (χ3n) is 2.27. The van der Waals surface area contributed by atoms with Crippen LogP contribution < -0.4 is 5.73 Å². The molecule has 3 unspecified atom stereocenters. The Morgan fingerprint density at radius 3 is 2.62 bits per heavy atom. The second-order valence-electron chi connectivity index (χ2n) is 3.55. The summed E-state index contributed by atoms with van der Waals surface area (Å²) in [5, 5.41) is 0. The van der Waals surface area contributed by atoms with Crippen molar-refractivity contribution in [2.24, 2.45) is 5.73 Å². The molecule has 0 aliphatic carbocycles. The third kappa shape index (κ3) is 3.75. The van der Waals surface area contributed by atoms with Crippen molar-refractivity contribution in [1.82, 2.24) is 0 Å². The molecule has 1 saturated heterocycles. The zero-order valence-electron chi connectivity index (χ0n) is 7.59. The minimum Gasteiger partial charge on any atom is -0.373 e. The molecule has 1 heterocycles. The minimum absolute atomic E-state index is 0.00646. The molecule has 0 radical (unpaired) electrons. The van der Waals surface area contributed by atoms with Crippen molar-refractivity contribution in [2.75, 3.05) is 6.16 Å². The Hall–Kier alpha value is 0.0700. The fourth-order valence-corrected chi connectivity index (χ4v) is 2.28. The first-order valence-electron chi connectivity index (χ1n) is 4.34. The van der Waals surface area contributed by atoms with Gasteiger partial charge in [0.1, 0.15) is 0 Å². The van der Waals surface area contributed by atoms with Gasteiger partial charge in [0.15, 0.2) is 0 Å². The smallest absolute Gasteiger partial charge is 0.328 e. The quantitative estimate of drug-likeness (QED) is 0.559. The highest BCUT2D eigenvalue weighted by atomic mass is 31.2. The maximum Gasteiger partial charge on any atom is 0.328 e. The Labute approximate surface area is 77.4 Å². The molecule has 0 bridgehead atoms. The molecule has 1 rings (SSSR count). The van der Waals surface area contributed by atoms with Gasteiger partial charge in [-0.2, -0.15) is 0 Å². The third-order valence-corrected chi connectivity index (χ3v) is 3.16. The molecule has 13 heavy (non-hydrogen) atoms. The van der Waals surface area contributed by atoms with E-state index in [-0.39, 0.29) is 24.4 Å². The molecule has 0 aromatic heterocycles. The first kappa shape index (κ1) is 11.1. The van der Waals surface area contributed by atoms with E-state index >= 15 is 0 Å². The molecule has 6 heteroatoms. The average molecular weight is 209 g/mol. The molecule has 1 aliphatic rings. The van der Waals surface area contributed by atoms with E-state index < -0.39 is 7.60 Å². The summed E-state index contributed by atoms with van der Waals surface area (Å²) in [6.45, 7) is 1.83. The van der Waals surface area contributed by atoms with Crippen molar-refractivity contribution >= 4 is 7.60 Å². The molecule has 0 aromatic carbocycles. The SMILES string of the molecule is CC1OC(CP(=O)(O)O)CCC1N. The van der Waals surface area contributed by atoms with Gasteiger partial charge in [-0.15, -0.1) is 0 Å². The highest BCUT2D eigenvalue weighted by Gasteiger charge is 2.30. The lowest BCUT2D eigenvalue weighted by Gasteiger charge is -2.32. The lowest BCUT2D eigenvalue weighted by molar-refractivity contribution is -0.0410. The minimum atomic E-state index is -3.95. The first-order chi connectivity index (χ1) is 5.88. The van der Waals surface area contributed by atoms with Crippen LogP contribution in [-0.2, 0) is 9.30 Å². The van der Waals surface area contributed by atoms with Crippen LogP contribution in [-0.4, -0.2) is 34.2 Å². The van der Waals surface area contributed by atoms with Crippen molar-refractivity contribution in [1.29, 1.82) is 0 Å². The Morgan fingerprint density at radius 2 is 2.15 bits per heavy atom. The molecule has 78 valence electrons. The number of hydrogen-bond donors (Lipinski definition) is 3. The molecule has 1 fully saturated rings. The van der Waals surface area contributed by atoms with Crippen LogP contribution in [0.1, 0.15) is 19.8 Å². The molecule has 0 spiro atoms. The topological polar surface area (TPSA) is 92.8 Å². The summed E-state index contributed by atoms with van der Waals surface area (Å²) in [4.78, 5) is 17.4. The predicted molar refractivity (Wildman–Crippen MR) is 48.5 cm³/mol. The number of rotatable bonds is 2. The normalized spacial score (nSPS) is 36.2. The maximum atomic E-state index is 10.7. The van der Waals surface area contributed by atoms with Gasteiger partial charge in [-0.1, -0.05) is 0 Å². The lowest BCUT2D eigenvalue weighted by atomic mass is 10.0. The lowest BCUT2D eigenvalue weighted by Crippen LogP contribution is -2.43. The monoisotopic (exact) mass is 209 g/mol. The van der Waals surface area contributed by atoms with E-state index in [1.54, 1.807) is 0 Å². The summed E-state index contributed by atoms with van der Waals surface area (Å²) in [6.07, 6.45) is 0.771. The fourth-order valence-electron chi connectivity index (χ4n) is 1.49. The van der Waals surface area contributed by atoms with Crippen LogP contribution in [0, 0.1) is 0 Å². The zero-order chi connectivity index (χ0) is 10.1. The highest BCUT2D eigenvalue weighted by molar-refractivity contribution is 7.51. The van der Waals surface area contributed by atoms with E-state index in [2.05, 4.69) is 0 Å². The molecule has 5 nitrogen and oxygen atoms in total. The summed E-state index contributed by atoms with van der Waals surface area (Å²) in [7, 11) is -3.95. The van der Waals surface area contributed by atoms with Crippen molar-refractivity contribution in [2.45, 2.75) is 38.0 Å². The Balaban J connectivity index is 2.42. The van der Waals surface area contributed by atoms with Crippen molar-refractivity contribution in [3.05, 3.63) is 0 Å².